The van der Waals surface area contributed by atoms with Gasteiger partial charge in [0.1, 0.15) is 9.35 Å². The zero-order valence-corrected chi connectivity index (χ0v) is 15.5. The third-order valence-corrected chi connectivity index (χ3v) is 6.24. The lowest BCUT2D eigenvalue weighted by Crippen LogP contribution is -1.90. The standard InChI is InChI=1S/C16H16N2O2S3/c1-10-7-22-16(17-10)23-9-12-8-21-15(18-12)11-4-5-13(19-2)14(6-11)20-3/h4-8H,9H2,1-3H3. The van der Waals surface area contributed by atoms with Crippen LogP contribution in [0.25, 0.3) is 10.6 Å². The molecule has 3 aromatic rings. The van der Waals surface area contributed by atoms with Crippen molar-refractivity contribution in [3.8, 4) is 22.1 Å². The van der Waals surface area contributed by atoms with E-state index in [9.17, 15) is 0 Å². The molecular formula is C16H16N2O2S3. The van der Waals surface area contributed by atoms with Crippen LogP contribution in [0, 0.1) is 6.92 Å². The van der Waals surface area contributed by atoms with E-state index in [4.69, 9.17) is 14.5 Å². The Hall–Kier alpha value is -1.57. The molecule has 0 atom stereocenters. The highest BCUT2D eigenvalue weighted by atomic mass is 32.2. The van der Waals surface area contributed by atoms with Crippen molar-refractivity contribution in [2.75, 3.05) is 14.2 Å². The molecule has 2 heterocycles. The Kier molecular flexibility index (Phi) is 5.20. The molecule has 2 aromatic heterocycles. The average molecular weight is 365 g/mol. The van der Waals surface area contributed by atoms with Gasteiger partial charge in [-0.05, 0) is 25.1 Å². The third-order valence-electron chi connectivity index (χ3n) is 3.12. The Morgan fingerprint density at radius 2 is 1.87 bits per heavy atom. The number of thiazole rings is 2. The van der Waals surface area contributed by atoms with Crippen molar-refractivity contribution in [2.24, 2.45) is 0 Å². The van der Waals surface area contributed by atoms with Gasteiger partial charge in [0.05, 0.1) is 19.9 Å². The lowest BCUT2D eigenvalue weighted by Gasteiger charge is -2.08. The molecular weight excluding hydrogens is 348 g/mol. The van der Waals surface area contributed by atoms with Crippen LogP contribution >= 0.6 is 34.4 Å². The summed E-state index contributed by atoms with van der Waals surface area (Å²) >= 11 is 5.04. The Labute approximate surface area is 147 Å². The molecule has 0 aliphatic heterocycles. The number of aromatic nitrogens is 2. The van der Waals surface area contributed by atoms with E-state index in [2.05, 4.69) is 15.7 Å². The van der Waals surface area contributed by atoms with Crippen molar-refractivity contribution in [1.82, 2.24) is 9.97 Å². The minimum atomic E-state index is 0.717. The van der Waals surface area contributed by atoms with E-state index in [1.807, 2.05) is 25.1 Å². The van der Waals surface area contributed by atoms with Crippen LogP contribution in [0.1, 0.15) is 11.4 Å². The zero-order chi connectivity index (χ0) is 16.2. The van der Waals surface area contributed by atoms with Crippen molar-refractivity contribution in [2.45, 2.75) is 17.0 Å². The molecule has 3 rings (SSSR count). The van der Waals surface area contributed by atoms with Gasteiger partial charge < -0.3 is 9.47 Å². The van der Waals surface area contributed by atoms with E-state index in [1.165, 1.54) is 0 Å². The first-order valence-electron chi connectivity index (χ1n) is 6.91. The lowest BCUT2D eigenvalue weighted by molar-refractivity contribution is 0.355. The normalized spacial score (nSPS) is 10.7. The zero-order valence-electron chi connectivity index (χ0n) is 13.0. The number of ether oxygens (including phenoxy) is 2. The molecule has 1 aromatic carbocycles. The summed E-state index contributed by atoms with van der Waals surface area (Å²) in [5, 5.41) is 5.15. The molecule has 0 fully saturated rings. The van der Waals surface area contributed by atoms with Crippen LogP contribution in [0.4, 0.5) is 0 Å². The number of aryl methyl sites for hydroxylation is 1. The van der Waals surface area contributed by atoms with Gasteiger partial charge in [0.2, 0.25) is 0 Å². The second kappa shape index (κ2) is 7.33. The van der Waals surface area contributed by atoms with E-state index in [1.54, 1.807) is 48.7 Å². The summed E-state index contributed by atoms with van der Waals surface area (Å²) in [6.45, 7) is 2.01. The highest BCUT2D eigenvalue weighted by Crippen LogP contribution is 2.34. The molecule has 120 valence electrons. The topological polar surface area (TPSA) is 44.2 Å². The predicted octanol–water partition coefficient (Wildman–Crippen LogP) is 4.88. The highest BCUT2D eigenvalue weighted by Gasteiger charge is 2.10. The summed E-state index contributed by atoms with van der Waals surface area (Å²) in [7, 11) is 3.28. The molecule has 0 bridgehead atoms. The quantitative estimate of drug-likeness (QED) is 0.583. The van der Waals surface area contributed by atoms with Gasteiger partial charge in [0.15, 0.2) is 11.5 Å². The number of hydrogen-bond donors (Lipinski definition) is 0. The molecule has 0 unspecified atom stereocenters. The van der Waals surface area contributed by atoms with Gasteiger partial charge in [0.25, 0.3) is 0 Å². The highest BCUT2D eigenvalue weighted by molar-refractivity contribution is 8.00. The minimum Gasteiger partial charge on any atom is -0.493 e. The smallest absolute Gasteiger partial charge is 0.161 e. The van der Waals surface area contributed by atoms with Gasteiger partial charge in [0, 0.05) is 27.8 Å². The van der Waals surface area contributed by atoms with Gasteiger partial charge in [-0.15, -0.1) is 22.7 Å². The van der Waals surface area contributed by atoms with E-state index < -0.39 is 0 Å². The maximum absolute atomic E-state index is 5.35. The van der Waals surface area contributed by atoms with E-state index >= 15 is 0 Å². The van der Waals surface area contributed by atoms with Crippen LogP contribution in [0.2, 0.25) is 0 Å². The number of hydrogen-bond acceptors (Lipinski definition) is 7. The molecule has 0 aliphatic rings. The Morgan fingerprint density at radius 3 is 2.57 bits per heavy atom. The number of thioether (sulfide) groups is 1. The Balaban J connectivity index is 1.73. The fourth-order valence-corrected chi connectivity index (χ4v) is 4.67. The second-order valence-electron chi connectivity index (χ2n) is 4.76. The fourth-order valence-electron chi connectivity index (χ4n) is 2.01. The molecule has 0 amide bonds. The molecule has 23 heavy (non-hydrogen) atoms. The van der Waals surface area contributed by atoms with E-state index in [-0.39, 0.29) is 0 Å². The molecule has 0 N–H and O–H groups in total. The van der Waals surface area contributed by atoms with Gasteiger partial charge in [-0.1, -0.05) is 11.8 Å². The monoisotopic (exact) mass is 364 g/mol. The average Bonchev–Trinajstić information content (AvgIpc) is 3.21. The third kappa shape index (κ3) is 3.85. The summed E-state index contributed by atoms with van der Waals surface area (Å²) in [6, 6.07) is 5.86. The summed E-state index contributed by atoms with van der Waals surface area (Å²) in [5.74, 6) is 2.27. The van der Waals surface area contributed by atoms with E-state index in [0.29, 0.717) is 0 Å². The van der Waals surface area contributed by atoms with Crippen LogP contribution in [-0.4, -0.2) is 24.2 Å². The molecule has 7 heteroatoms. The number of benzene rings is 1. The minimum absolute atomic E-state index is 0.717. The first-order valence-corrected chi connectivity index (χ1v) is 9.66. The Bertz CT molecular complexity index is 798. The first-order chi connectivity index (χ1) is 11.2. The summed E-state index contributed by atoms with van der Waals surface area (Å²) < 4.78 is 11.7. The molecule has 0 spiro atoms. The van der Waals surface area contributed by atoms with Crippen LogP contribution in [-0.2, 0) is 5.75 Å². The fraction of sp³-hybridized carbons (Fsp3) is 0.250. The Morgan fingerprint density at radius 1 is 1.04 bits per heavy atom. The molecule has 4 nitrogen and oxygen atoms in total. The van der Waals surface area contributed by atoms with E-state index in [0.717, 1.165) is 43.6 Å². The van der Waals surface area contributed by atoms with Crippen molar-refractivity contribution < 1.29 is 9.47 Å². The number of methoxy groups -OCH3 is 2. The SMILES string of the molecule is COc1ccc(-c2nc(CSc3nc(C)cs3)cs2)cc1OC. The summed E-state index contributed by atoms with van der Waals surface area (Å²) in [4.78, 5) is 9.17. The van der Waals surface area contributed by atoms with Crippen LogP contribution in [0.3, 0.4) is 0 Å². The molecule has 0 radical (unpaired) electrons. The van der Waals surface area contributed by atoms with Gasteiger partial charge in [-0.2, -0.15) is 0 Å². The first kappa shape index (κ1) is 16.3. The molecule has 0 saturated heterocycles. The van der Waals surface area contributed by atoms with Crippen LogP contribution in [0.5, 0.6) is 11.5 Å². The largest absolute Gasteiger partial charge is 0.493 e. The van der Waals surface area contributed by atoms with Gasteiger partial charge in [-0.25, -0.2) is 9.97 Å². The van der Waals surface area contributed by atoms with Crippen LogP contribution < -0.4 is 9.47 Å². The maximum atomic E-state index is 5.35. The number of nitrogens with zero attached hydrogens (tertiary/aromatic N) is 2. The molecule has 0 saturated carbocycles. The molecule has 0 aliphatic carbocycles. The van der Waals surface area contributed by atoms with Gasteiger partial charge >= 0.3 is 0 Å². The predicted molar refractivity (Wildman–Crippen MR) is 97.1 cm³/mol. The van der Waals surface area contributed by atoms with Crippen molar-refractivity contribution in [3.05, 3.63) is 40.3 Å². The maximum Gasteiger partial charge on any atom is 0.161 e. The van der Waals surface area contributed by atoms with Crippen molar-refractivity contribution in [1.29, 1.82) is 0 Å². The lowest BCUT2D eigenvalue weighted by atomic mass is 10.2. The second-order valence-corrected chi connectivity index (χ2v) is 7.70. The summed E-state index contributed by atoms with van der Waals surface area (Å²) in [6.07, 6.45) is 0. The number of rotatable bonds is 6. The van der Waals surface area contributed by atoms with Crippen molar-refractivity contribution in [3.63, 3.8) is 0 Å². The van der Waals surface area contributed by atoms with Crippen molar-refractivity contribution >= 4 is 34.4 Å². The van der Waals surface area contributed by atoms with Crippen LogP contribution in [0.15, 0.2) is 33.3 Å². The van der Waals surface area contributed by atoms with Gasteiger partial charge in [-0.3, -0.25) is 0 Å². The summed E-state index contributed by atoms with van der Waals surface area (Å²) in [5.41, 5.74) is 3.17.